The largest absolute Gasteiger partial charge is 0.309 e. The minimum atomic E-state index is 0.316. The lowest BCUT2D eigenvalue weighted by molar-refractivity contribution is 0.118. The topological polar surface area (TPSA) is 28.2 Å². The molecule has 1 aromatic heterocycles. The van der Waals surface area contributed by atoms with E-state index in [4.69, 9.17) is 0 Å². The molecule has 0 atom stereocenters. The number of aryl methyl sites for hydroxylation is 1. The van der Waals surface area contributed by atoms with Crippen LogP contribution >= 0.6 is 0 Å². The molecule has 100 valence electrons. The Morgan fingerprint density at radius 1 is 1.33 bits per heavy atom. The van der Waals surface area contributed by atoms with Crippen molar-refractivity contribution in [3.05, 3.63) is 29.6 Å². The van der Waals surface area contributed by atoms with Crippen LogP contribution in [-0.4, -0.2) is 35.1 Å². The second kappa shape index (κ2) is 5.81. The van der Waals surface area contributed by atoms with E-state index < -0.39 is 0 Å². The smallest absolute Gasteiger partial charge is 0.0372 e. The van der Waals surface area contributed by atoms with Crippen molar-refractivity contribution in [2.75, 3.05) is 19.6 Å². The lowest BCUT2D eigenvalue weighted by Gasteiger charge is -2.43. The van der Waals surface area contributed by atoms with Gasteiger partial charge >= 0.3 is 0 Å². The number of nitrogens with zero attached hydrogens (tertiary/aromatic N) is 2. The van der Waals surface area contributed by atoms with Gasteiger partial charge in [-0.15, -0.1) is 0 Å². The molecule has 18 heavy (non-hydrogen) atoms. The van der Waals surface area contributed by atoms with Crippen LogP contribution in [0, 0.1) is 6.92 Å². The van der Waals surface area contributed by atoms with Crippen LogP contribution < -0.4 is 5.32 Å². The minimum absolute atomic E-state index is 0.316. The van der Waals surface area contributed by atoms with Crippen molar-refractivity contribution in [3.8, 4) is 0 Å². The highest BCUT2D eigenvalue weighted by Gasteiger charge is 2.31. The predicted molar refractivity (Wildman–Crippen MR) is 75.6 cm³/mol. The van der Waals surface area contributed by atoms with Crippen LogP contribution in [0.1, 0.15) is 37.9 Å². The average molecular weight is 247 g/mol. The van der Waals surface area contributed by atoms with Crippen molar-refractivity contribution in [2.24, 2.45) is 0 Å². The van der Waals surface area contributed by atoms with Gasteiger partial charge in [0, 0.05) is 43.6 Å². The molecule has 3 heteroatoms. The van der Waals surface area contributed by atoms with Crippen LogP contribution in [0.25, 0.3) is 0 Å². The molecule has 0 bridgehead atoms. The molecule has 1 saturated heterocycles. The van der Waals surface area contributed by atoms with Gasteiger partial charge < -0.3 is 5.32 Å². The summed E-state index contributed by atoms with van der Waals surface area (Å²) in [7, 11) is 0. The zero-order valence-electron chi connectivity index (χ0n) is 11.9. The number of nitrogens with one attached hydrogen (secondary N) is 1. The molecule has 0 aromatic carbocycles. The first-order valence-corrected chi connectivity index (χ1v) is 7.06. The second-order valence-electron chi connectivity index (χ2n) is 5.43. The normalized spacial score (nSPS) is 19.9. The van der Waals surface area contributed by atoms with Crippen molar-refractivity contribution in [1.82, 2.24) is 15.2 Å². The quantitative estimate of drug-likeness (QED) is 0.885. The van der Waals surface area contributed by atoms with Gasteiger partial charge in [-0.25, -0.2) is 0 Å². The van der Waals surface area contributed by atoms with Crippen molar-refractivity contribution < 1.29 is 0 Å². The van der Waals surface area contributed by atoms with Crippen LogP contribution in [0.3, 0.4) is 0 Å². The Kier molecular flexibility index (Phi) is 4.36. The molecule has 2 rings (SSSR count). The zero-order valence-corrected chi connectivity index (χ0v) is 11.9. The summed E-state index contributed by atoms with van der Waals surface area (Å²) in [6.45, 7) is 11.0. The summed E-state index contributed by atoms with van der Waals surface area (Å²) in [5, 5.41) is 3.70. The highest BCUT2D eigenvalue weighted by Crippen LogP contribution is 2.21. The molecule has 0 spiro atoms. The van der Waals surface area contributed by atoms with Crippen molar-refractivity contribution in [3.63, 3.8) is 0 Å². The fourth-order valence-corrected chi connectivity index (χ4v) is 2.75. The molecule has 0 unspecified atom stereocenters. The van der Waals surface area contributed by atoms with Crippen LogP contribution in [0.2, 0.25) is 0 Å². The van der Waals surface area contributed by atoms with Crippen LogP contribution in [0.4, 0.5) is 0 Å². The van der Waals surface area contributed by atoms with Crippen molar-refractivity contribution >= 4 is 0 Å². The molecule has 1 aromatic rings. The number of rotatable bonds is 4. The van der Waals surface area contributed by atoms with E-state index in [0.29, 0.717) is 5.54 Å². The van der Waals surface area contributed by atoms with Gasteiger partial charge in [0.1, 0.15) is 0 Å². The summed E-state index contributed by atoms with van der Waals surface area (Å²) < 4.78 is 0. The van der Waals surface area contributed by atoms with E-state index in [2.05, 4.69) is 41.2 Å². The Labute approximate surface area is 111 Å². The summed E-state index contributed by atoms with van der Waals surface area (Å²) in [6, 6.07) is 4.30. The molecule has 0 amide bonds. The fraction of sp³-hybridized carbons (Fsp3) is 0.667. The van der Waals surface area contributed by atoms with Gasteiger partial charge in [0.2, 0.25) is 0 Å². The first kappa shape index (κ1) is 13.5. The van der Waals surface area contributed by atoms with Crippen LogP contribution in [0.5, 0.6) is 0 Å². The third kappa shape index (κ3) is 3.09. The molecular formula is C15H25N3. The van der Waals surface area contributed by atoms with E-state index in [1.54, 1.807) is 0 Å². The highest BCUT2D eigenvalue weighted by atomic mass is 15.2. The van der Waals surface area contributed by atoms with Crippen molar-refractivity contribution in [2.45, 2.75) is 45.7 Å². The van der Waals surface area contributed by atoms with E-state index in [9.17, 15) is 0 Å². The number of aromatic nitrogens is 1. The minimum Gasteiger partial charge on any atom is -0.309 e. The molecule has 3 nitrogen and oxygen atoms in total. The summed E-state index contributed by atoms with van der Waals surface area (Å²) in [5.74, 6) is 0. The summed E-state index contributed by atoms with van der Waals surface area (Å²) >= 11 is 0. The van der Waals surface area contributed by atoms with E-state index >= 15 is 0 Å². The lowest BCUT2D eigenvalue weighted by Crippen LogP contribution is -2.59. The van der Waals surface area contributed by atoms with Gasteiger partial charge in [0.15, 0.2) is 0 Å². The van der Waals surface area contributed by atoms with Gasteiger partial charge in [-0.1, -0.05) is 19.9 Å². The number of pyridine rings is 1. The Balaban J connectivity index is 1.99. The monoisotopic (exact) mass is 247 g/mol. The van der Waals surface area contributed by atoms with Gasteiger partial charge in [0.05, 0.1) is 0 Å². The standard InChI is InChI=1S/C15H25N3/c1-4-15(5-2)12-18(9-8-17-15)11-14-7-6-13(3)16-10-14/h6-7,10,17H,4-5,8-9,11-12H2,1-3H3. The Hall–Kier alpha value is -0.930. The van der Waals surface area contributed by atoms with Crippen LogP contribution in [-0.2, 0) is 6.54 Å². The number of piperazine rings is 1. The predicted octanol–water partition coefficient (Wildman–Crippen LogP) is 2.35. The molecular weight excluding hydrogens is 222 g/mol. The molecule has 1 N–H and O–H groups in total. The molecule has 1 aliphatic heterocycles. The molecule has 0 aliphatic carbocycles. The van der Waals surface area contributed by atoms with Gasteiger partial charge in [-0.3, -0.25) is 9.88 Å². The van der Waals surface area contributed by atoms with Crippen molar-refractivity contribution in [1.29, 1.82) is 0 Å². The molecule has 2 heterocycles. The van der Waals surface area contributed by atoms with E-state index in [1.807, 2.05) is 13.1 Å². The number of hydrogen-bond donors (Lipinski definition) is 1. The van der Waals surface area contributed by atoms with E-state index in [1.165, 1.54) is 18.4 Å². The van der Waals surface area contributed by atoms with E-state index in [0.717, 1.165) is 31.9 Å². The second-order valence-corrected chi connectivity index (χ2v) is 5.43. The van der Waals surface area contributed by atoms with Gasteiger partial charge in [-0.2, -0.15) is 0 Å². The third-order valence-corrected chi connectivity index (χ3v) is 4.19. The summed E-state index contributed by atoms with van der Waals surface area (Å²) in [6.07, 6.45) is 4.41. The first-order chi connectivity index (χ1) is 8.67. The summed E-state index contributed by atoms with van der Waals surface area (Å²) in [4.78, 5) is 6.93. The maximum atomic E-state index is 4.38. The zero-order chi connectivity index (χ0) is 13.0. The Bertz CT molecular complexity index is 368. The Morgan fingerprint density at radius 2 is 2.11 bits per heavy atom. The van der Waals surface area contributed by atoms with Gasteiger partial charge in [-0.05, 0) is 31.4 Å². The maximum Gasteiger partial charge on any atom is 0.0372 e. The van der Waals surface area contributed by atoms with Gasteiger partial charge in [0.25, 0.3) is 0 Å². The van der Waals surface area contributed by atoms with E-state index in [-0.39, 0.29) is 0 Å². The lowest BCUT2D eigenvalue weighted by atomic mass is 9.90. The SMILES string of the molecule is CCC1(CC)CN(Cc2ccc(C)nc2)CCN1. The van der Waals surface area contributed by atoms with Crippen LogP contribution in [0.15, 0.2) is 18.3 Å². The molecule has 1 fully saturated rings. The molecule has 0 radical (unpaired) electrons. The first-order valence-electron chi connectivity index (χ1n) is 7.06. The third-order valence-electron chi connectivity index (χ3n) is 4.19. The maximum absolute atomic E-state index is 4.38. The molecule has 0 saturated carbocycles. The Morgan fingerprint density at radius 3 is 2.72 bits per heavy atom. The molecule has 1 aliphatic rings. The highest BCUT2D eigenvalue weighted by molar-refractivity contribution is 5.13. The number of hydrogen-bond acceptors (Lipinski definition) is 3. The summed E-state index contributed by atoms with van der Waals surface area (Å²) in [5.41, 5.74) is 2.73. The fourth-order valence-electron chi connectivity index (χ4n) is 2.75. The average Bonchev–Trinajstić information content (AvgIpc) is 2.41.